The predicted octanol–water partition coefficient (Wildman–Crippen LogP) is 3.04. The molecule has 158 valence electrons. The molecule has 0 saturated carbocycles. The number of methoxy groups -OCH3 is 2. The lowest BCUT2D eigenvalue weighted by Crippen LogP contribution is -2.54. The zero-order valence-electron chi connectivity index (χ0n) is 16.6. The van der Waals surface area contributed by atoms with Crippen molar-refractivity contribution in [2.75, 3.05) is 25.7 Å². The van der Waals surface area contributed by atoms with E-state index < -0.39 is 17.8 Å². The number of nitrogens with zero attached hydrogens (tertiary/aromatic N) is 1. The van der Waals surface area contributed by atoms with Crippen LogP contribution in [0.1, 0.15) is 5.56 Å². The van der Waals surface area contributed by atoms with E-state index in [9.17, 15) is 14.4 Å². The molecule has 1 fully saturated rings. The van der Waals surface area contributed by atoms with Crippen molar-refractivity contribution in [3.05, 3.63) is 52.6 Å². The molecule has 0 unspecified atom stereocenters. The lowest BCUT2D eigenvalue weighted by atomic mass is 10.1. The lowest BCUT2D eigenvalue weighted by molar-refractivity contribution is -0.122. The van der Waals surface area contributed by atoms with Crippen molar-refractivity contribution in [1.29, 1.82) is 0 Å². The van der Waals surface area contributed by atoms with E-state index in [-0.39, 0.29) is 34.4 Å². The van der Waals surface area contributed by atoms with Crippen LogP contribution in [0.2, 0.25) is 5.02 Å². The van der Waals surface area contributed by atoms with Crippen LogP contribution in [0, 0.1) is 12.3 Å². The van der Waals surface area contributed by atoms with Crippen LogP contribution >= 0.6 is 11.6 Å². The number of amides is 4. The van der Waals surface area contributed by atoms with E-state index in [4.69, 9.17) is 32.2 Å². The van der Waals surface area contributed by atoms with E-state index in [1.54, 1.807) is 24.3 Å². The highest BCUT2D eigenvalue weighted by molar-refractivity contribution is 6.39. The Morgan fingerprint density at radius 3 is 2.39 bits per heavy atom. The van der Waals surface area contributed by atoms with Crippen molar-refractivity contribution < 1.29 is 28.6 Å². The SMILES string of the molecule is C#CCOc1ccc(/C=C2/C(=O)NC(=O)N(c3cc(OC)c(Cl)cc3OC)C2=O)cc1. The van der Waals surface area contributed by atoms with Gasteiger partial charge in [0.25, 0.3) is 11.8 Å². The summed E-state index contributed by atoms with van der Waals surface area (Å²) in [5, 5.41) is 2.38. The van der Waals surface area contributed by atoms with Gasteiger partial charge in [-0.2, -0.15) is 0 Å². The number of terminal acetylenes is 1. The lowest BCUT2D eigenvalue weighted by Gasteiger charge is -2.28. The molecule has 0 atom stereocenters. The smallest absolute Gasteiger partial charge is 0.336 e. The molecule has 0 aliphatic carbocycles. The molecule has 1 saturated heterocycles. The monoisotopic (exact) mass is 440 g/mol. The van der Waals surface area contributed by atoms with Gasteiger partial charge in [-0.05, 0) is 23.8 Å². The van der Waals surface area contributed by atoms with Gasteiger partial charge in [-0.15, -0.1) is 6.42 Å². The van der Waals surface area contributed by atoms with Gasteiger partial charge in [0.2, 0.25) is 0 Å². The number of carbonyl (C=O) groups is 3. The molecule has 1 N–H and O–H groups in total. The first-order valence-electron chi connectivity index (χ1n) is 8.89. The predicted molar refractivity (Wildman–Crippen MR) is 114 cm³/mol. The molecular weight excluding hydrogens is 424 g/mol. The number of carbonyl (C=O) groups excluding carboxylic acids is 3. The van der Waals surface area contributed by atoms with Gasteiger partial charge in [-0.25, -0.2) is 9.69 Å². The second-order valence-corrected chi connectivity index (χ2v) is 6.59. The average Bonchev–Trinajstić information content (AvgIpc) is 2.76. The Kier molecular flexibility index (Phi) is 6.48. The molecule has 1 aliphatic heterocycles. The fourth-order valence-electron chi connectivity index (χ4n) is 2.85. The number of nitrogens with one attached hydrogen (secondary N) is 1. The summed E-state index contributed by atoms with van der Waals surface area (Å²) < 4.78 is 15.7. The van der Waals surface area contributed by atoms with Crippen LogP contribution in [0.15, 0.2) is 42.0 Å². The van der Waals surface area contributed by atoms with Crippen molar-refractivity contribution >= 4 is 41.2 Å². The molecule has 0 aromatic heterocycles. The Hall–Kier alpha value is -3.96. The molecule has 31 heavy (non-hydrogen) atoms. The zero-order chi connectivity index (χ0) is 22.5. The molecule has 3 rings (SSSR count). The number of rotatable bonds is 6. The number of halogens is 1. The first-order chi connectivity index (χ1) is 14.9. The second kappa shape index (κ2) is 9.24. The first kappa shape index (κ1) is 21.7. The standard InChI is InChI=1S/C22H17ClN2O6/c1-4-9-31-14-7-5-13(6-8-14)10-15-20(26)24-22(28)25(21(15)27)17-12-18(29-2)16(23)11-19(17)30-3/h1,5-8,10-12H,9H2,2-3H3,(H,24,26,28)/b15-10-. The Morgan fingerprint density at radius 1 is 1.10 bits per heavy atom. The molecular formula is C22H17ClN2O6. The molecule has 2 aromatic carbocycles. The van der Waals surface area contributed by atoms with Gasteiger partial charge in [0.05, 0.1) is 24.9 Å². The number of barbiturate groups is 1. The van der Waals surface area contributed by atoms with Gasteiger partial charge in [-0.1, -0.05) is 29.7 Å². The third kappa shape index (κ3) is 4.47. The number of imide groups is 2. The van der Waals surface area contributed by atoms with Crippen LogP contribution in [0.3, 0.4) is 0 Å². The number of ether oxygens (including phenoxy) is 3. The topological polar surface area (TPSA) is 94.2 Å². The van der Waals surface area contributed by atoms with Crippen molar-refractivity contribution in [3.63, 3.8) is 0 Å². The fourth-order valence-corrected chi connectivity index (χ4v) is 3.08. The van der Waals surface area contributed by atoms with Crippen molar-refractivity contribution in [2.24, 2.45) is 0 Å². The maximum absolute atomic E-state index is 13.1. The van der Waals surface area contributed by atoms with E-state index >= 15 is 0 Å². The van der Waals surface area contributed by atoms with Crippen LogP contribution in [0.25, 0.3) is 6.08 Å². The summed E-state index contributed by atoms with van der Waals surface area (Å²) in [4.78, 5) is 38.8. The summed E-state index contributed by atoms with van der Waals surface area (Å²) in [7, 11) is 2.75. The summed E-state index contributed by atoms with van der Waals surface area (Å²) in [6.45, 7) is 0.116. The Bertz CT molecular complexity index is 1120. The third-order valence-electron chi connectivity index (χ3n) is 4.31. The zero-order valence-corrected chi connectivity index (χ0v) is 17.4. The number of anilines is 1. The van der Waals surface area contributed by atoms with Crippen LogP contribution in [-0.4, -0.2) is 38.7 Å². The molecule has 4 amide bonds. The van der Waals surface area contributed by atoms with Gasteiger partial charge in [0, 0.05) is 12.1 Å². The van der Waals surface area contributed by atoms with Crippen molar-refractivity contribution in [3.8, 4) is 29.6 Å². The van der Waals surface area contributed by atoms with E-state index in [1.807, 2.05) is 0 Å². The van der Waals surface area contributed by atoms with Gasteiger partial charge in [-0.3, -0.25) is 14.9 Å². The van der Waals surface area contributed by atoms with E-state index in [2.05, 4.69) is 11.2 Å². The number of benzene rings is 2. The van der Waals surface area contributed by atoms with Crippen LogP contribution in [0.5, 0.6) is 17.2 Å². The highest BCUT2D eigenvalue weighted by atomic mass is 35.5. The van der Waals surface area contributed by atoms with Crippen LogP contribution in [0.4, 0.5) is 10.5 Å². The summed E-state index contributed by atoms with van der Waals surface area (Å²) in [6.07, 6.45) is 6.52. The Morgan fingerprint density at radius 2 is 1.77 bits per heavy atom. The van der Waals surface area contributed by atoms with Gasteiger partial charge in [0.1, 0.15) is 29.4 Å². The molecule has 2 aromatic rings. The quantitative estimate of drug-likeness (QED) is 0.421. The van der Waals surface area contributed by atoms with Crippen LogP contribution < -0.4 is 24.4 Å². The van der Waals surface area contributed by atoms with Crippen LogP contribution in [-0.2, 0) is 9.59 Å². The number of urea groups is 1. The van der Waals surface area contributed by atoms with Crippen molar-refractivity contribution in [1.82, 2.24) is 5.32 Å². The first-order valence-corrected chi connectivity index (χ1v) is 9.26. The average molecular weight is 441 g/mol. The highest BCUT2D eigenvalue weighted by Gasteiger charge is 2.38. The number of hydrogen-bond donors (Lipinski definition) is 1. The third-order valence-corrected chi connectivity index (χ3v) is 4.60. The summed E-state index contributed by atoms with van der Waals surface area (Å²) in [5.41, 5.74) is 0.372. The molecule has 0 spiro atoms. The molecule has 1 heterocycles. The van der Waals surface area contributed by atoms with Gasteiger partial charge in [0.15, 0.2) is 0 Å². The fraction of sp³-hybridized carbons (Fsp3) is 0.136. The largest absolute Gasteiger partial charge is 0.495 e. The Balaban J connectivity index is 2.00. The maximum atomic E-state index is 13.1. The van der Waals surface area contributed by atoms with Gasteiger partial charge < -0.3 is 14.2 Å². The van der Waals surface area contributed by atoms with E-state index in [1.165, 1.54) is 32.4 Å². The molecule has 8 nitrogen and oxygen atoms in total. The maximum Gasteiger partial charge on any atom is 0.336 e. The minimum Gasteiger partial charge on any atom is -0.495 e. The highest BCUT2D eigenvalue weighted by Crippen LogP contribution is 2.39. The molecule has 0 radical (unpaired) electrons. The molecule has 9 heteroatoms. The second-order valence-electron chi connectivity index (χ2n) is 6.18. The Labute approximate surface area is 183 Å². The van der Waals surface area contributed by atoms with Gasteiger partial charge >= 0.3 is 6.03 Å². The number of hydrogen-bond acceptors (Lipinski definition) is 6. The van der Waals surface area contributed by atoms with E-state index in [0.717, 1.165) is 4.90 Å². The van der Waals surface area contributed by atoms with Crippen molar-refractivity contribution in [2.45, 2.75) is 0 Å². The summed E-state index contributed by atoms with van der Waals surface area (Å²) in [6, 6.07) is 8.44. The molecule has 1 aliphatic rings. The minimum absolute atomic E-state index is 0.0719. The molecule has 0 bridgehead atoms. The minimum atomic E-state index is -0.923. The normalized spacial score (nSPS) is 14.8. The summed E-state index contributed by atoms with van der Waals surface area (Å²) >= 11 is 6.10. The summed E-state index contributed by atoms with van der Waals surface area (Å²) in [5.74, 6) is 1.62. The van der Waals surface area contributed by atoms with E-state index in [0.29, 0.717) is 11.3 Å².